The predicted molar refractivity (Wildman–Crippen MR) is 103 cm³/mol. The number of benzene rings is 1. The zero-order chi connectivity index (χ0) is 17.3. The van der Waals surface area contributed by atoms with E-state index in [1.165, 1.54) is 30.6 Å². The Morgan fingerprint density at radius 2 is 1.88 bits per heavy atom. The second-order valence-corrected chi connectivity index (χ2v) is 8.11. The summed E-state index contributed by atoms with van der Waals surface area (Å²) in [5.74, 6) is 0. The topological polar surface area (TPSA) is 53.6 Å². The number of nitrogens with zero attached hydrogens (tertiary/aromatic N) is 1. The minimum atomic E-state index is -0.127. The summed E-state index contributed by atoms with van der Waals surface area (Å²) in [5, 5.41) is 6.61. The quantitative estimate of drug-likeness (QED) is 0.727. The molecular weight excluding hydrogens is 334 g/mol. The molecule has 0 atom stereocenters. The van der Waals surface area contributed by atoms with Crippen LogP contribution in [-0.4, -0.2) is 55.6 Å². The lowest BCUT2D eigenvalue weighted by atomic mass is 10.3. The summed E-state index contributed by atoms with van der Waals surface area (Å²) in [4.78, 5) is 15.6. The number of ether oxygens (including phenoxy) is 1. The fourth-order valence-electron chi connectivity index (χ4n) is 3.32. The highest BCUT2D eigenvalue weighted by molar-refractivity contribution is 8.00. The number of amides is 2. The van der Waals surface area contributed by atoms with Crippen molar-refractivity contribution < 1.29 is 9.53 Å². The zero-order valence-corrected chi connectivity index (χ0v) is 15.7. The number of hydrogen-bond donors (Lipinski definition) is 2. The standard InChI is InChI=1S/C19H29N3O2S/c23-19(20-10-3-11-22-12-14-24-15-13-22)21-16-6-8-18(9-7-16)25-17-4-1-2-5-17/h6-9,17H,1-5,10-15H2,(H2,20,21,23). The fourth-order valence-corrected chi connectivity index (χ4v) is 4.57. The highest BCUT2D eigenvalue weighted by Gasteiger charge is 2.16. The smallest absolute Gasteiger partial charge is 0.319 e. The van der Waals surface area contributed by atoms with Gasteiger partial charge in [-0.2, -0.15) is 0 Å². The highest BCUT2D eigenvalue weighted by atomic mass is 32.2. The van der Waals surface area contributed by atoms with Crippen molar-refractivity contribution in [3.8, 4) is 0 Å². The van der Waals surface area contributed by atoms with E-state index in [2.05, 4.69) is 27.7 Å². The van der Waals surface area contributed by atoms with Crippen LogP contribution in [0.2, 0.25) is 0 Å². The van der Waals surface area contributed by atoms with E-state index in [0.29, 0.717) is 6.54 Å². The molecule has 3 rings (SSSR count). The lowest BCUT2D eigenvalue weighted by Crippen LogP contribution is -2.38. The van der Waals surface area contributed by atoms with Crippen LogP contribution in [0.5, 0.6) is 0 Å². The van der Waals surface area contributed by atoms with Gasteiger partial charge in [0.05, 0.1) is 13.2 Å². The van der Waals surface area contributed by atoms with Crippen LogP contribution < -0.4 is 10.6 Å². The van der Waals surface area contributed by atoms with E-state index in [-0.39, 0.29) is 6.03 Å². The van der Waals surface area contributed by atoms with Gasteiger partial charge in [-0.1, -0.05) is 12.8 Å². The van der Waals surface area contributed by atoms with E-state index in [0.717, 1.165) is 50.2 Å². The van der Waals surface area contributed by atoms with Gasteiger partial charge < -0.3 is 15.4 Å². The zero-order valence-electron chi connectivity index (χ0n) is 14.8. The van der Waals surface area contributed by atoms with E-state index in [1.807, 2.05) is 23.9 Å². The number of anilines is 1. The summed E-state index contributed by atoms with van der Waals surface area (Å²) in [6.07, 6.45) is 6.35. The molecule has 2 fully saturated rings. The third kappa shape index (κ3) is 6.53. The molecule has 2 aliphatic rings. The largest absolute Gasteiger partial charge is 0.379 e. The predicted octanol–water partition coefficient (Wildman–Crippen LogP) is 3.57. The van der Waals surface area contributed by atoms with Crippen LogP contribution in [0.4, 0.5) is 10.5 Å². The normalized spacial score (nSPS) is 19.0. The molecule has 0 aromatic heterocycles. The molecule has 0 unspecified atom stereocenters. The number of hydrogen-bond acceptors (Lipinski definition) is 4. The number of thioether (sulfide) groups is 1. The van der Waals surface area contributed by atoms with E-state index in [4.69, 9.17) is 4.74 Å². The molecule has 0 radical (unpaired) electrons. The monoisotopic (exact) mass is 363 g/mol. The molecule has 5 nitrogen and oxygen atoms in total. The van der Waals surface area contributed by atoms with Gasteiger partial charge in [-0.3, -0.25) is 4.90 Å². The molecule has 1 aromatic carbocycles. The maximum Gasteiger partial charge on any atom is 0.319 e. The second-order valence-electron chi connectivity index (χ2n) is 6.74. The first-order chi connectivity index (χ1) is 12.3. The van der Waals surface area contributed by atoms with Crippen molar-refractivity contribution in [1.82, 2.24) is 10.2 Å². The molecule has 1 aliphatic carbocycles. The van der Waals surface area contributed by atoms with Gasteiger partial charge in [0.2, 0.25) is 0 Å². The lowest BCUT2D eigenvalue weighted by Gasteiger charge is -2.26. The molecule has 138 valence electrons. The molecule has 2 amide bonds. The van der Waals surface area contributed by atoms with E-state index >= 15 is 0 Å². The van der Waals surface area contributed by atoms with Crippen LogP contribution in [0.1, 0.15) is 32.1 Å². The van der Waals surface area contributed by atoms with Crippen LogP contribution in [0, 0.1) is 0 Å². The number of nitrogens with one attached hydrogen (secondary N) is 2. The average molecular weight is 364 g/mol. The van der Waals surface area contributed by atoms with Crippen molar-refractivity contribution in [2.24, 2.45) is 0 Å². The van der Waals surface area contributed by atoms with E-state index < -0.39 is 0 Å². The molecule has 0 bridgehead atoms. The summed E-state index contributed by atoms with van der Waals surface area (Å²) < 4.78 is 5.33. The van der Waals surface area contributed by atoms with Crippen LogP contribution in [0.25, 0.3) is 0 Å². The molecule has 6 heteroatoms. The molecule has 2 N–H and O–H groups in total. The van der Waals surface area contributed by atoms with Gasteiger partial charge in [-0.25, -0.2) is 4.79 Å². The molecule has 1 aromatic rings. The Morgan fingerprint density at radius 1 is 1.16 bits per heavy atom. The number of carbonyl (C=O) groups excluding carboxylic acids is 1. The van der Waals surface area contributed by atoms with Crippen LogP contribution in [0.3, 0.4) is 0 Å². The van der Waals surface area contributed by atoms with Crippen LogP contribution >= 0.6 is 11.8 Å². The molecule has 1 heterocycles. The minimum Gasteiger partial charge on any atom is -0.379 e. The Morgan fingerprint density at radius 3 is 2.60 bits per heavy atom. The van der Waals surface area contributed by atoms with Crippen molar-refractivity contribution in [2.45, 2.75) is 42.2 Å². The Balaban J connectivity index is 1.31. The number of rotatable bonds is 7. The minimum absolute atomic E-state index is 0.127. The van der Waals surface area contributed by atoms with Gasteiger partial charge in [-0.15, -0.1) is 11.8 Å². The van der Waals surface area contributed by atoms with Gasteiger partial charge >= 0.3 is 6.03 Å². The Kier molecular flexibility index (Phi) is 7.45. The molecule has 0 spiro atoms. The Hall–Kier alpha value is -1.24. The molecule has 1 aliphatic heterocycles. The first-order valence-corrected chi connectivity index (χ1v) is 10.3. The fraction of sp³-hybridized carbons (Fsp3) is 0.632. The van der Waals surface area contributed by atoms with E-state index in [9.17, 15) is 4.79 Å². The summed E-state index contributed by atoms with van der Waals surface area (Å²) in [6.45, 7) is 5.34. The molecule has 1 saturated carbocycles. The second kappa shape index (κ2) is 10.0. The van der Waals surface area contributed by atoms with Crippen LogP contribution in [0.15, 0.2) is 29.2 Å². The lowest BCUT2D eigenvalue weighted by molar-refractivity contribution is 0.0375. The van der Waals surface area contributed by atoms with Crippen molar-refractivity contribution in [3.63, 3.8) is 0 Å². The molecular formula is C19H29N3O2S. The van der Waals surface area contributed by atoms with Crippen molar-refractivity contribution in [3.05, 3.63) is 24.3 Å². The maximum atomic E-state index is 12.0. The summed E-state index contributed by atoms with van der Waals surface area (Å²) in [5.41, 5.74) is 0.849. The first-order valence-electron chi connectivity index (χ1n) is 9.41. The SMILES string of the molecule is O=C(NCCCN1CCOCC1)Nc1ccc(SC2CCCC2)cc1. The Labute approximate surface area is 154 Å². The number of carbonyl (C=O) groups is 1. The van der Waals surface area contributed by atoms with Crippen molar-refractivity contribution in [1.29, 1.82) is 0 Å². The summed E-state index contributed by atoms with van der Waals surface area (Å²) in [7, 11) is 0. The van der Waals surface area contributed by atoms with Crippen molar-refractivity contribution in [2.75, 3.05) is 44.7 Å². The third-order valence-electron chi connectivity index (χ3n) is 4.76. The van der Waals surface area contributed by atoms with Gasteiger partial charge in [0.25, 0.3) is 0 Å². The first kappa shape index (κ1) is 18.5. The number of morpholine rings is 1. The molecule has 1 saturated heterocycles. The third-order valence-corrected chi connectivity index (χ3v) is 6.11. The Bertz CT molecular complexity index is 526. The summed E-state index contributed by atoms with van der Waals surface area (Å²) in [6, 6.07) is 8.07. The van der Waals surface area contributed by atoms with Gasteiger partial charge in [0.1, 0.15) is 0 Å². The van der Waals surface area contributed by atoms with Crippen LogP contribution in [-0.2, 0) is 4.74 Å². The van der Waals surface area contributed by atoms with Gasteiger partial charge in [0, 0.05) is 35.5 Å². The highest BCUT2D eigenvalue weighted by Crippen LogP contribution is 2.34. The van der Waals surface area contributed by atoms with Gasteiger partial charge in [0.15, 0.2) is 0 Å². The summed E-state index contributed by atoms with van der Waals surface area (Å²) >= 11 is 1.97. The molecule has 25 heavy (non-hydrogen) atoms. The van der Waals surface area contributed by atoms with Gasteiger partial charge in [-0.05, 0) is 50.1 Å². The maximum absolute atomic E-state index is 12.0. The number of urea groups is 1. The average Bonchev–Trinajstić information content (AvgIpc) is 3.14. The van der Waals surface area contributed by atoms with Crippen molar-refractivity contribution >= 4 is 23.5 Å². The van der Waals surface area contributed by atoms with E-state index in [1.54, 1.807) is 0 Å².